The summed E-state index contributed by atoms with van der Waals surface area (Å²) in [5.74, 6) is 0.434. The van der Waals surface area contributed by atoms with E-state index in [9.17, 15) is 9.59 Å². The molecule has 1 aromatic heterocycles. The molecule has 1 aliphatic heterocycles. The zero-order valence-corrected chi connectivity index (χ0v) is 19.1. The molecule has 2 N–H and O–H groups in total. The third kappa shape index (κ3) is 4.85. The van der Waals surface area contributed by atoms with Crippen molar-refractivity contribution < 1.29 is 19.1 Å². The molecule has 2 heterocycles. The number of methoxy groups -OCH3 is 1. The van der Waals surface area contributed by atoms with Crippen molar-refractivity contribution in [2.24, 2.45) is 0 Å². The van der Waals surface area contributed by atoms with Gasteiger partial charge in [0.25, 0.3) is 0 Å². The van der Waals surface area contributed by atoms with E-state index in [2.05, 4.69) is 15.5 Å². The Balaban J connectivity index is 1.19. The molecule has 0 atom stereocenters. The van der Waals surface area contributed by atoms with Crippen LogP contribution in [0, 0.1) is 0 Å². The van der Waals surface area contributed by atoms with E-state index in [1.807, 2.05) is 65.5 Å². The van der Waals surface area contributed by atoms with Crippen LogP contribution in [0.3, 0.4) is 0 Å². The number of rotatable bonds is 8. The first-order chi connectivity index (χ1) is 16.6. The number of urea groups is 1. The summed E-state index contributed by atoms with van der Waals surface area (Å²) in [6.07, 6.45) is 6.04. The first kappa shape index (κ1) is 21.9. The molecule has 0 radical (unpaired) electrons. The molecule has 34 heavy (non-hydrogen) atoms. The van der Waals surface area contributed by atoms with Gasteiger partial charge < -0.3 is 29.6 Å². The molecule has 1 saturated heterocycles. The Labute approximate surface area is 198 Å². The molecule has 8 heteroatoms. The van der Waals surface area contributed by atoms with Crippen molar-refractivity contribution >= 4 is 17.7 Å². The molecule has 2 aliphatic rings. The molecule has 5 rings (SSSR count). The number of anilines is 1. The highest BCUT2D eigenvalue weighted by atomic mass is 16.5. The van der Waals surface area contributed by atoms with Crippen LogP contribution in [0.2, 0.25) is 0 Å². The number of carbonyl (C=O) groups is 2. The van der Waals surface area contributed by atoms with E-state index in [0.717, 1.165) is 35.5 Å². The Morgan fingerprint density at radius 3 is 2.41 bits per heavy atom. The smallest absolute Gasteiger partial charge is 0.340 e. The lowest BCUT2D eigenvalue weighted by Crippen LogP contribution is -2.54. The van der Waals surface area contributed by atoms with E-state index >= 15 is 0 Å². The van der Waals surface area contributed by atoms with Crippen LogP contribution < -0.4 is 20.3 Å². The number of nitrogens with zero attached hydrogens (tertiary/aromatic N) is 2. The molecule has 0 spiro atoms. The molecular weight excluding hydrogens is 432 g/mol. The van der Waals surface area contributed by atoms with Gasteiger partial charge >= 0.3 is 12.0 Å². The maximum Gasteiger partial charge on any atom is 0.340 e. The minimum Gasteiger partial charge on any atom is -0.487 e. The third-order valence-electron chi connectivity index (χ3n) is 6.06. The number of ether oxygens (including phenoxy) is 2. The first-order valence-corrected chi connectivity index (χ1v) is 11.5. The van der Waals surface area contributed by atoms with Crippen molar-refractivity contribution in [2.45, 2.75) is 31.5 Å². The summed E-state index contributed by atoms with van der Waals surface area (Å²) in [5.41, 5.74) is 3.31. The summed E-state index contributed by atoms with van der Waals surface area (Å²) in [6.45, 7) is 1.90. The second kappa shape index (κ2) is 9.51. The molecule has 0 bridgehead atoms. The van der Waals surface area contributed by atoms with E-state index in [0.29, 0.717) is 31.2 Å². The van der Waals surface area contributed by atoms with Crippen LogP contribution in [0.25, 0.3) is 5.69 Å². The van der Waals surface area contributed by atoms with Crippen LogP contribution in [-0.2, 0) is 11.3 Å². The number of hydrogen-bond donors (Lipinski definition) is 2. The van der Waals surface area contributed by atoms with Gasteiger partial charge in [0, 0.05) is 25.0 Å². The Bertz CT molecular complexity index is 1150. The lowest BCUT2D eigenvalue weighted by Gasteiger charge is -2.41. The lowest BCUT2D eigenvalue weighted by molar-refractivity contribution is 0.0600. The van der Waals surface area contributed by atoms with Gasteiger partial charge in [-0.15, -0.1) is 0 Å². The minimum absolute atomic E-state index is 0.0487. The zero-order valence-electron chi connectivity index (χ0n) is 19.1. The fraction of sp³-hybridized carbons (Fsp3) is 0.308. The molecule has 3 aromatic rings. The first-order valence-electron chi connectivity index (χ1n) is 11.5. The molecule has 0 unspecified atom stereocenters. The number of hydrogen-bond acceptors (Lipinski definition) is 5. The molecule has 2 aromatic carbocycles. The van der Waals surface area contributed by atoms with E-state index < -0.39 is 0 Å². The van der Waals surface area contributed by atoms with E-state index in [1.54, 1.807) is 6.07 Å². The Hall–Kier alpha value is -3.94. The molecule has 2 fully saturated rings. The highest BCUT2D eigenvalue weighted by Gasteiger charge is 2.32. The Kier molecular flexibility index (Phi) is 6.12. The monoisotopic (exact) mass is 460 g/mol. The molecule has 2 amide bonds. The normalized spacial score (nSPS) is 15.4. The highest BCUT2D eigenvalue weighted by Crippen LogP contribution is 2.33. The van der Waals surface area contributed by atoms with E-state index in [-0.39, 0.29) is 18.1 Å². The quantitative estimate of drug-likeness (QED) is 0.503. The second-order valence-corrected chi connectivity index (χ2v) is 8.65. The van der Waals surface area contributed by atoms with Crippen molar-refractivity contribution in [1.82, 2.24) is 15.2 Å². The van der Waals surface area contributed by atoms with Gasteiger partial charge in [-0.25, -0.2) is 9.59 Å². The van der Waals surface area contributed by atoms with Crippen molar-refractivity contribution in [3.63, 3.8) is 0 Å². The Morgan fingerprint density at radius 2 is 1.74 bits per heavy atom. The zero-order chi connectivity index (χ0) is 23.5. The van der Waals surface area contributed by atoms with Gasteiger partial charge in [0.15, 0.2) is 0 Å². The Morgan fingerprint density at radius 1 is 1.00 bits per heavy atom. The number of esters is 1. The predicted molar refractivity (Wildman–Crippen MR) is 129 cm³/mol. The maximum atomic E-state index is 12.4. The van der Waals surface area contributed by atoms with Crippen molar-refractivity contribution in [3.05, 3.63) is 78.1 Å². The van der Waals surface area contributed by atoms with Crippen LogP contribution >= 0.6 is 0 Å². The fourth-order valence-electron chi connectivity index (χ4n) is 4.05. The molecule has 1 aliphatic carbocycles. The minimum atomic E-state index is -0.363. The summed E-state index contributed by atoms with van der Waals surface area (Å²) < 4.78 is 13.1. The van der Waals surface area contributed by atoms with Gasteiger partial charge in [0.1, 0.15) is 11.9 Å². The fourth-order valence-corrected chi connectivity index (χ4v) is 4.05. The third-order valence-corrected chi connectivity index (χ3v) is 6.06. The van der Waals surface area contributed by atoms with Crippen LogP contribution in [0.1, 0.15) is 28.8 Å². The number of amides is 2. The highest BCUT2D eigenvalue weighted by molar-refractivity contribution is 5.96. The van der Waals surface area contributed by atoms with Crippen molar-refractivity contribution in [3.8, 4) is 11.4 Å². The van der Waals surface area contributed by atoms with Gasteiger partial charge in [-0.05, 0) is 54.8 Å². The number of carbonyl (C=O) groups excluding carboxylic acids is 2. The van der Waals surface area contributed by atoms with Crippen LogP contribution in [0.4, 0.5) is 10.5 Å². The largest absolute Gasteiger partial charge is 0.487 e. The van der Waals surface area contributed by atoms with Gasteiger partial charge in [0.05, 0.1) is 37.1 Å². The van der Waals surface area contributed by atoms with Gasteiger partial charge in [0.2, 0.25) is 0 Å². The summed E-state index contributed by atoms with van der Waals surface area (Å²) in [6, 6.07) is 17.6. The predicted octanol–water partition coefficient (Wildman–Crippen LogP) is 3.49. The summed E-state index contributed by atoms with van der Waals surface area (Å²) >= 11 is 0. The van der Waals surface area contributed by atoms with Gasteiger partial charge in [-0.1, -0.05) is 18.2 Å². The van der Waals surface area contributed by atoms with Crippen LogP contribution in [0.5, 0.6) is 5.75 Å². The molecule has 1 saturated carbocycles. The lowest BCUT2D eigenvalue weighted by atomic mass is 10.1. The van der Waals surface area contributed by atoms with Crippen molar-refractivity contribution in [2.75, 3.05) is 25.1 Å². The average molecular weight is 461 g/mol. The number of para-hydroxylation sites is 1. The molecule has 176 valence electrons. The van der Waals surface area contributed by atoms with Gasteiger partial charge in [-0.2, -0.15) is 0 Å². The van der Waals surface area contributed by atoms with Gasteiger partial charge in [-0.3, -0.25) is 0 Å². The summed E-state index contributed by atoms with van der Waals surface area (Å²) in [7, 11) is 1.40. The molecular formula is C26H28N4O4. The standard InChI is InChI=1S/C26H28N4O4/c1-33-25(31)22-5-4-6-23(24(22)29-13-2-3-14-29)30-16-21(17-30)34-20-11-7-18(8-12-20)15-27-26(32)28-19-9-10-19/h2-8,11-14,19,21H,9-10,15-17H2,1H3,(H2,27,28,32). The number of benzene rings is 2. The second-order valence-electron chi connectivity index (χ2n) is 8.65. The number of aromatic nitrogens is 1. The maximum absolute atomic E-state index is 12.4. The van der Waals surface area contributed by atoms with Crippen LogP contribution in [-0.4, -0.2) is 48.9 Å². The SMILES string of the molecule is COC(=O)c1cccc(N2CC(Oc3ccc(CNC(=O)NC4CC4)cc3)C2)c1-n1cccc1. The van der Waals surface area contributed by atoms with Crippen LogP contribution in [0.15, 0.2) is 67.0 Å². The summed E-state index contributed by atoms with van der Waals surface area (Å²) in [4.78, 5) is 26.3. The molecule has 8 nitrogen and oxygen atoms in total. The summed E-state index contributed by atoms with van der Waals surface area (Å²) in [5, 5.41) is 5.79. The van der Waals surface area contributed by atoms with E-state index in [4.69, 9.17) is 9.47 Å². The topological polar surface area (TPSA) is 84.8 Å². The number of nitrogens with one attached hydrogen (secondary N) is 2. The average Bonchev–Trinajstić information content (AvgIpc) is 3.48. The van der Waals surface area contributed by atoms with E-state index in [1.165, 1.54) is 7.11 Å². The van der Waals surface area contributed by atoms with Crippen molar-refractivity contribution in [1.29, 1.82) is 0 Å².